The fraction of sp³-hybridized carbons (Fsp3) is 0.333. The highest BCUT2D eigenvalue weighted by molar-refractivity contribution is 7.10. The van der Waals surface area contributed by atoms with E-state index in [9.17, 15) is 4.79 Å². The lowest BCUT2D eigenvalue weighted by Crippen LogP contribution is -2.23. The van der Waals surface area contributed by atoms with E-state index in [1.165, 1.54) is 10.4 Å². The molecule has 0 aromatic carbocycles. The van der Waals surface area contributed by atoms with Gasteiger partial charge in [0.1, 0.15) is 5.82 Å². The molecule has 2 heterocycles. The monoisotopic (exact) mass is 304 g/mol. The third-order valence-electron chi connectivity index (χ3n) is 3.17. The average Bonchev–Trinajstić information content (AvgIpc) is 2.90. The first kappa shape index (κ1) is 15.5. The Kier molecular flexibility index (Phi) is 5.30. The lowest BCUT2D eigenvalue weighted by Gasteiger charge is -2.09. The van der Waals surface area contributed by atoms with Crippen LogP contribution in [-0.2, 0) is 13.0 Å². The maximum absolute atomic E-state index is 12.3. The summed E-state index contributed by atoms with van der Waals surface area (Å²) in [4.78, 5) is 17.8. The van der Waals surface area contributed by atoms with Crippen molar-refractivity contribution in [2.75, 3.05) is 5.43 Å². The second-order valence-corrected chi connectivity index (χ2v) is 5.84. The molecule has 21 heavy (non-hydrogen) atoms. The number of hydrogen-bond donors (Lipinski definition) is 3. The number of aryl methyl sites for hydroxylation is 2. The first-order valence-corrected chi connectivity index (χ1v) is 7.80. The van der Waals surface area contributed by atoms with Crippen LogP contribution < -0.4 is 16.6 Å². The summed E-state index contributed by atoms with van der Waals surface area (Å²) in [6.45, 7) is 4.66. The van der Waals surface area contributed by atoms with Crippen LogP contribution in [0.15, 0.2) is 23.6 Å². The van der Waals surface area contributed by atoms with Gasteiger partial charge in [-0.15, -0.1) is 11.3 Å². The average molecular weight is 304 g/mol. The van der Waals surface area contributed by atoms with Crippen LogP contribution in [0, 0.1) is 6.92 Å². The molecule has 2 aromatic heterocycles. The Hall–Kier alpha value is -1.92. The molecule has 0 bridgehead atoms. The van der Waals surface area contributed by atoms with Gasteiger partial charge >= 0.3 is 0 Å². The molecule has 0 aliphatic heterocycles. The van der Waals surface area contributed by atoms with Crippen LogP contribution in [0.3, 0.4) is 0 Å². The van der Waals surface area contributed by atoms with Crippen molar-refractivity contribution < 1.29 is 4.79 Å². The normalized spacial score (nSPS) is 10.4. The quantitative estimate of drug-likeness (QED) is 0.566. The highest BCUT2D eigenvalue weighted by Crippen LogP contribution is 2.16. The van der Waals surface area contributed by atoms with Crippen LogP contribution >= 0.6 is 11.3 Å². The lowest BCUT2D eigenvalue weighted by atomic mass is 10.1. The Balaban J connectivity index is 2.10. The number of nitrogens with one attached hydrogen (secondary N) is 2. The highest BCUT2D eigenvalue weighted by Gasteiger charge is 2.10. The fourth-order valence-corrected chi connectivity index (χ4v) is 2.87. The standard InChI is InChI=1S/C15H20N4OS/c1-3-4-12-7-11(8-14(18-12)19-16)15(20)17-9-13-10(2)5-6-21-13/h5-8H,3-4,9,16H2,1-2H3,(H,17,20)(H,18,19). The Labute approximate surface area is 128 Å². The number of pyridine rings is 1. The summed E-state index contributed by atoms with van der Waals surface area (Å²) in [6.07, 6.45) is 1.79. The molecule has 0 aliphatic carbocycles. The molecule has 0 atom stereocenters. The molecule has 2 rings (SSSR count). The molecule has 6 heteroatoms. The fourth-order valence-electron chi connectivity index (χ4n) is 2.02. The number of nitrogen functional groups attached to an aromatic ring is 1. The minimum Gasteiger partial charge on any atom is -0.347 e. The number of anilines is 1. The van der Waals surface area contributed by atoms with E-state index in [1.807, 2.05) is 24.4 Å². The minimum atomic E-state index is -0.112. The number of carbonyl (C=O) groups excluding carboxylic acids is 1. The zero-order valence-corrected chi connectivity index (χ0v) is 13.1. The van der Waals surface area contributed by atoms with Gasteiger partial charge in [-0.2, -0.15) is 0 Å². The van der Waals surface area contributed by atoms with Crippen LogP contribution in [0.5, 0.6) is 0 Å². The van der Waals surface area contributed by atoms with Gasteiger partial charge in [0.2, 0.25) is 0 Å². The maximum Gasteiger partial charge on any atom is 0.251 e. The summed E-state index contributed by atoms with van der Waals surface area (Å²) in [6, 6.07) is 5.53. The van der Waals surface area contributed by atoms with Crippen LogP contribution in [0.2, 0.25) is 0 Å². The summed E-state index contributed by atoms with van der Waals surface area (Å²) in [5.41, 5.74) is 5.16. The van der Waals surface area contributed by atoms with E-state index in [0.717, 1.165) is 18.5 Å². The Morgan fingerprint density at radius 3 is 2.86 bits per heavy atom. The summed E-state index contributed by atoms with van der Waals surface area (Å²) < 4.78 is 0. The van der Waals surface area contributed by atoms with Crippen molar-refractivity contribution in [2.24, 2.45) is 5.84 Å². The largest absolute Gasteiger partial charge is 0.347 e. The summed E-state index contributed by atoms with van der Waals surface area (Å²) in [5, 5.41) is 4.96. The third kappa shape index (κ3) is 4.03. The molecule has 112 valence electrons. The molecule has 0 unspecified atom stereocenters. The maximum atomic E-state index is 12.3. The number of hydrogen-bond acceptors (Lipinski definition) is 5. The van der Waals surface area contributed by atoms with Gasteiger partial charge in [-0.1, -0.05) is 13.3 Å². The van der Waals surface area contributed by atoms with E-state index in [1.54, 1.807) is 17.4 Å². The molecule has 0 spiro atoms. The zero-order chi connectivity index (χ0) is 15.2. The summed E-state index contributed by atoms with van der Waals surface area (Å²) >= 11 is 1.65. The second-order valence-electron chi connectivity index (χ2n) is 4.84. The van der Waals surface area contributed by atoms with Crippen LogP contribution in [-0.4, -0.2) is 10.9 Å². The number of rotatable bonds is 6. The molecule has 0 fully saturated rings. The van der Waals surface area contributed by atoms with Crippen molar-refractivity contribution in [3.8, 4) is 0 Å². The first-order chi connectivity index (χ1) is 10.1. The Morgan fingerprint density at radius 1 is 1.43 bits per heavy atom. The van der Waals surface area contributed by atoms with E-state index in [-0.39, 0.29) is 5.91 Å². The predicted octanol–water partition coefficient (Wildman–Crippen LogP) is 2.62. The number of aromatic nitrogens is 1. The zero-order valence-electron chi connectivity index (χ0n) is 12.3. The smallest absolute Gasteiger partial charge is 0.251 e. The number of amides is 1. The van der Waals surface area contributed by atoms with Crippen molar-refractivity contribution in [1.29, 1.82) is 0 Å². The molecule has 2 aromatic rings. The molecule has 4 N–H and O–H groups in total. The molecular weight excluding hydrogens is 284 g/mol. The van der Waals surface area contributed by atoms with Crippen molar-refractivity contribution in [2.45, 2.75) is 33.2 Å². The van der Waals surface area contributed by atoms with Crippen molar-refractivity contribution >= 4 is 23.1 Å². The van der Waals surface area contributed by atoms with E-state index in [4.69, 9.17) is 5.84 Å². The Bertz CT molecular complexity index is 624. The number of nitrogens with zero attached hydrogens (tertiary/aromatic N) is 1. The van der Waals surface area contributed by atoms with Gasteiger partial charge in [0.25, 0.3) is 5.91 Å². The predicted molar refractivity (Wildman–Crippen MR) is 86.3 cm³/mol. The Morgan fingerprint density at radius 2 is 2.24 bits per heavy atom. The molecule has 0 saturated heterocycles. The second kappa shape index (κ2) is 7.19. The topological polar surface area (TPSA) is 80.0 Å². The number of thiophene rings is 1. The van der Waals surface area contributed by atoms with Crippen LogP contribution in [0.25, 0.3) is 0 Å². The molecule has 0 saturated carbocycles. The van der Waals surface area contributed by atoms with Gasteiger partial charge in [-0.3, -0.25) is 4.79 Å². The summed E-state index contributed by atoms with van der Waals surface area (Å²) in [5.74, 6) is 5.81. The highest BCUT2D eigenvalue weighted by atomic mass is 32.1. The minimum absolute atomic E-state index is 0.112. The third-order valence-corrected chi connectivity index (χ3v) is 4.20. The summed E-state index contributed by atoms with van der Waals surface area (Å²) in [7, 11) is 0. The number of carbonyl (C=O) groups is 1. The van der Waals surface area contributed by atoms with E-state index < -0.39 is 0 Å². The molecule has 5 nitrogen and oxygen atoms in total. The lowest BCUT2D eigenvalue weighted by molar-refractivity contribution is 0.0951. The van der Waals surface area contributed by atoms with Crippen molar-refractivity contribution in [1.82, 2.24) is 10.3 Å². The van der Waals surface area contributed by atoms with E-state index in [2.05, 4.69) is 22.7 Å². The molecular formula is C15H20N4OS. The van der Waals surface area contributed by atoms with E-state index >= 15 is 0 Å². The van der Waals surface area contributed by atoms with Gasteiger partial charge in [0.15, 0.2) is 0 Å². The number of hydrazine groups is 1. The van der Waals surface area contributed by atoms with Crippen molar-refractivity contribution in [3.05, 3.63) is 45.3 Å². The van der Waals surface area contributed by atoms with Gasteiger partial charge < -0.3 is 10.7 Å². The van der Waals surface area contributed by atoms with Gasteiger partial charge in [-0.05, 0) is 42.5 Å². The van der Waals surface area contributed by atoms with Crippen molar-refractivity contribution in [3.63, 3.8) is 0 Å². The SMILES string of the molecule is CCCc1cc(C(=O)NCc2sccc2C)cc(NN)n1. The van der Waals surface area contributed by atoms with Crippen LogP contribution in [0.1, 0.15) is 39.8 Å². The van der Waals surface area contributed by atoms with Gasteiger partial charge in [0, 0.05) is 16.1 Å². The van der Waals surface area contributed by atoms with Gasteiger partial charge in [0.05, 0.1) is 6.54 Å². The number of nitrogens with two attached hydrogens (primary N) is 1. The van der Waals surface area contributed by atoms with Gasteiger partial charge in [-0.25, -0.2) is 10.8 Å². The first-order valence-electron chi connectivity index (χ1n) is 6.92. The molecule has 0 radical (unpaired) electrons. The molecule has 0 aliphatic rings. The van der Waals surface area contributed by atoms with E-state index in [0.29, 0.717) is 17.9 Å². The van der Waals surface area contributed by atoms with Crippen LogP contribution in [0.4, 0.5) is 5.82 Å². The molecule has 1 amide bonds.